The molecular formula is C33H40O14. The second-order valence-electron chi connectivity index (χ2n) is 11.5. The van der Waals surface area contributed by atoms with Crippen LogP contribution >= 0.6 is 0 Å². The summed E-state index contributed by atoms with van der Waals surface area (Å²) in [7, 11) is 1.36. The molecule has 3 N–H and O–H groups in total. The van der Waals surface area contributed by atoms with Crippen molar-refractivity contribution in [2.24, 2.45) is 0 Å². The quantitative estimate of drug-likeness (QED) is 0.295. The number of hydrogen-bond donors (Lipinski definition) is 3. The maximum Gasteiger partial charge on any atom is 0.342 e. The first kappa shape index (κ1) is 36.5. The van der Waals surface area contributed by atoms with E-state index in [1.807, 2.05) is 0 Å². The Morgan fingerprint density at radius 3 is 1.32 bits per heavy atom. The van der Waals surface area contributed by atoms with E-state index in [1.165, 1.54) is 53.0 Å². The van der Waals surface area contributed by atoms with Gasteiger partial charge in [-0.1, -0.05) is 0 Å². The van der Waals surface area contributed by atoms with Crippen LogP contribution in [-0.4, -0.2) is 82.8 Å². The predicted molar refractivity (Wildman–Crippen MR) is 162 cm³/mol. The second-order valence-corrected chi connectivity index (χ2v) is 11.5. The van der Waals surface area contributed by atoms with Gasteiger partial charge in [0.2, 0.25) is 0 Å². The van der Waals surface area contributed by atoms with Crippen LogP contribution in [0.1, 0.15) is 85.7 Å². The van der Waals surface area contributed by atoms with Crippen LogP contribution in [0.3, 0.4) is 0 Å². The lowest BCUT2D eigenvalue weighted by atomic mass is 10.00. The molecule has 14 heteroatoms. The van der Waals surface area contributed by atoms with Crippen LogP contribution < -0.4 is 4.74 Å². The third-order valence-corrected chi connectivity index (χ3v) is 6.99. The standard InChI is InChI=1S/C33H40O14/c1-16-7-21-12-23(34)14-25(35)30(21)32(40)46-19(4)10-28(38)44-17(2)8-22-13-24(42-6)15-26(36)31(22)33(41)47-20(5)11-29(39)45-18(3)9-27(37)43-16/h12-20,34-36H,7-11H2,1-6H3/t16-,17-,18-,19-,20-/m1/s1. The van der Waals surface area contributed by atoms with Gasteiger partial charge in [-0.25, -0.2) is 9.59 Å². The molecule has 256 valence electrons. The van der Waals surface area contributed by atoms with E-state index in [2.05, 4.69) is 0 Å². The van der Waals surface area contributed by atoms with Gasteiger partial charge in [-0.15, -0.1) is 0 Å². The van der Waals surface area contributed by atoms with E-state index in [9.17, 15) is 39.3 Å². The zero-order valence-electron chi connectivity index (χ0n) is 27.1. The summed E-state index contributed by atoms with van der Waals surface area (Å²) in [5, 5.41) is 31.2. The number of carbonyl (C=O) groups is 5. The zero-order valence-corrected chi connectivity index (χ0v) is 27.1. The molecule has 0 aliphatic carbocycles. The highest BCUT2D eigenvalue weighted by Gasteiger charge is 2.28. The predicted octanol–water partition coefficient (Wildman–Crippen LogP) is 3.67. The summed E-state index contributed by atoms with van der Waals surface area (Å²) in [5.41, 5.74) is -0.165. The van der Waals surface area contributed by atoms with Gasteiger partial charge in [0.15, 0.2) is 0 Å². The minimum absolute atomic E-state index is 0.0535. The van der Waals surface area contributed by atoms with Gasteiger partial charge in [-0.2, -0.15) is 0 Å². The van der Waals surface area contributed by atoms with E-state index >= 15 is 0 Å². The number of ether oxygens (including phenoxy) is 6. The minimum Gasteiger partial charge on any atom is -0.508 e. The van der Waals surface area contributed by atoms with Gasteiger partial charge < -0.3 is 43.7 Å². The van der Waals surface area contributed by atoms with Gasteiger partial charge in [0.1, 0.15) is 64.6 Å². The van der Waals surface area contributed by atoms with Gasteiger partial charge in [0.05, 0.1) is 26.4 Å². The summed E-state index contributed by atoms with van der Waals surface area (Å²) >= 11 is 0. The summed E-state index contributed by atoms with van der Waals surface area (Å²) in [4.78, 5) is 64.1. The van der Waals surface area contributed by atoms with Crippen LogP contribution in [0.5, 0.6) is 23.0 Å². The molecule has 0 radical (unpaired) electrons. The SMILES string of the molecule is COc1cc(O)c2c(c1)C[C@@H](C)OC(=O)C[C@@H](C)OC(=O)c1c(O)cc(O)cc1C[C@@H](C)OC(=O)C[C@@H](C)OC(=O)C[C@@H](C)OC2=O. The van der Waals surface area contributed by atoms with Crippen molar-refractivity contribution in [1.82, 2.24) is 0 Å². The molecule has 0 amide bonds. The van der Waals surface area contributed by atoms with Crippen molar-refractivity contribution in [2.75, 3.05) is 7.11 Å². The van der Waals surface area contributed by atoms with E-state index in [0.717, 1.165) is 6.07 Å². The number of phenolic OH excluding ortho intramolecular Hbond substituents is 3. The molecule has 1 aliphatic rings. The average molecular weight is 661 g/mol. The summed E-state index contributed by atoms with van der Waals surface area (Å²) < 4.78 is 32.2. The highest BCUT2D eigenvalue weighted by Crippen LogP contribution is 2.32. The Balaban J connectivity index is 1.92. The summed E-state index contributed by atoms with van der Waals surface area (Å²) in [6, 6.07) is 4.84. The summed E-state index contributed by atoms with van der Waals surface area (Å²) in [5.74, 6) is -5.36. The molecule has 5 atom stereocenters. The fourth-order valence-electron chi connectivity index (χ4n) is 5.07. The van der Waals surface area contributed by atoms with Gasteiger partial charge in [0.25, 0.3) is 0 Å². The molecule has 0 bridgehead atoms. The number of phenols is 3. The van der Waals surface area contributed by atoms with E-state index in [-0.39, 0.29) is 65.9 Å². The van der Waals surface area contributed by atoms with Crippen molar-refractivity contribution < 1.29 is 67.7 Å². The Bertz CT molecular complexity index is 1500. The monoisotopic (exact) mass is 660 g/mol. The number of aromatic hydroxyl groups is 3. The number of fused-ring (bicyclic) bond motifs is 2. The number of esters is 5. The Morgan fingerprint density at radius 2 is 0.894 bits per heavy atom. The molecule has 1 heterocycles. The highest BCUT2D eigenvalue weighted by atomic mass is 16.6. The Kier molecular flexibility index (Phi) is 12.4. The number of methoxy groups -OCH3 is 1. The third-order valence-electron chi connectivity index (χ3n) is 6.99. The lowest BCUT2D eigenvalue weighted by Crippen LogP contribution is -2.27. The van der Waals surface area contributed by atoms with Gasteiger partial charge in [0, 0.05) is 25.0 Å². The van der Waals surface area contributed by atoms with Crippen LogP contribution in [0, 0.1) is 0 Å². The maximum absolute atomic E-state index is 13.1. The summed E-state index contributed by atoms with van der Waals surface area (Å²) in [6.45, 7) is 7.45. The first-order chi connectivity index (χ1) is 22.1. The van der Waals surface area contributed by atoms with Crippen LogP contribution in [-0.2, 0) is 50.9 Å². The highest BCUT2D eigenvalue weighted by molar-refractivity contribution is 5.95. The number of benzene rings is 2. The van der Waals surface area contributed by atoms with Gasteiger partial charge in [-0.3, -0.25) is 14.4 Å². The van der Waals surface area contributed by atoms with Crippen molar-refractivity contribution in [3.05, 3.63) is 46.5 Å². The summed E-state index contributed by atoms with van der Waals surface area (Å²) in [6.07, 6.45) is -5.80. The zero-order chi connectivity index (χ0) is 35.0. The van der Waals surface area contributed by atoms with Crippen molar-refractivity contribution in [3.63, 3.8) is 0 Å². The van der Waals surface area contributed by atoms with Crippen LogP contribution in [0.15, 0.2) is 24.3 Å². The fraction of sp³-hybridized carbons (Fsp3) is 0.485. The molecule has 2 aromatic rings. The van der Waals surface area contributed by atoms with Gasteiger partial charge in [-0.05, 0) is 57.9 Å². The van der Waals surface area contributed by atoms with Crippen molar-refractivity contribution >= 4 is 29.8 Å². The first-order valence-corrected chi connectivity index (χ1v) is 15.0. The molecule has 2 aromatic carbocycles. The smallest absolute Gasteiger partial charge is 0.342 e. The minimum atomic E-state index is -1.01. The maximum atomic E-state index is 13.1. The molecule has 47 heavy (non-hydrogen) atoms. The molecule has 0 saturated heterocycles. The van der Waals surface area contributed by atoms with E-state index in [0.29, 0.717) is 0 Å². The number of carbonyl (C=O) groups excluding carboxylic acids is 5. The van der Waals surface area contributed by atoms with Crippen molar-refractivity contribution in [3.8, 4) is 23.0 Å². The van der Waals surface area contributed by atoms with Crippen LogP contribution in [0.25, 0.3) is 0 Å². The van der Waals surface area contributed by atoms with E-state index < -0.39 is 71.9 Å². The van der Waals surface area contributed by atoms with Crippen LogP contribution in [0.2, 0.25) is 0 Å². The molecule has 0 spiro atoms. The van der Waals surface area contributed by atoms with Crippen molar-refractivity contribution in [2.45, 2.75) is 97.2 Å². The fourth-order valence-corrected chi connectivity index (χ4v) is 5.07. The van der Waals surface area contributed by atoms with E-state index in [1.54, 1.807) is 6.92 Å². The first-order valence-electron chi connectivity index (χ1n) is 15.0. The molecule has 0 saturated carbocycles. The molecule has 0 fully saturated rings. The van der Waals surface area contributed by atoms with Crippen LogP contribution in [0.4, 0.5) is 0 Å². The Morgan fingerprint density at radius 1 is 0.532 bits per heavy atom. The Labute approximate surface area is 271 Å². The molecule has 1 aliphatic heterocycles. The number of cyclic esters (lactones) is 5. The third kappa shape index (κ3) is 10.5. The lowest BCUT2D eigenvalue weighted by molar-refractivity contribution is -0.157. The average Bonchev–Trinajstić information content (AvgIpc) is 2.90. The molecular weight excluding hydrogens is 620 g/mol. The Hall–Kier alpha value is -5.01. The number of hydrogen-bond acceptors (Lipinski definition) is 14. The number of rotatable bonds is 1. The molecule has 0 unspecified atom stereocenters. The molecule has 0 aromatic heterocycles. The lowest BCUT2D eigenvalue weighted by Gasteiger charge is -2.21. The molecule has 3 rings (SSSR count). The van der Waals surface area contributed by atoms with Crippen molar-refractivity contribution in [1.29, 1.82) is 0 Å². The topological polar surface area (TPSA) is 201 Å². The van der Waals surface area contributed by atoms with Gasteiger partial charge >= 0.3 is 29.8 Å². The largest absolute Gasteiger partial charge is 0.508 e. The molecule has 14 nitrogen and oxygen atoms in total. The van der Waals surface area contributed by atoms with E-state index in [4.69, 9.17) is 28.4 Å². The normalized spacial score (nSPS) is 24.2. The second kappa shape index (κ2) is 16.0.